The number of aryl methyl sites for hydroxylation is 1. The third-order valence-electron chi connectivity index (χ3n) is 2.65. The summed E-state index contributed by atoms with van der Waals surface area (Å²) in [5, 5.41) is 1.24. The van der Waals surface area contributed by atoms with Gasteiger partial charge in [0.25, 0.3) is 0 Å². The maximum Gasteiger partial charge on any atom is 0.224 e. The van der Waals surface area contributed by atoms with Crippen LogP contribution in [0.25, 0.3) is 22.3 Å². The first-order valence-corrected chi connectivity index (χ1v) is 5.52. The first-order valence-electron chi connectivity index (χ1n) is 5.14. The summed E-state index contributed by atoms with van der Waals surface area (Å²) in [6, 6.07) is 5.80. The van der Waals surface area contributed by atoms with Gasteiger partial charge in [0, 0.05) is 36.6 Å². The Morgan fingerprint density at radius 1 is 1.12 bits per heavy atom. The molecule has 0 N–H and O–H groups in total. The topological polar surface area (TPSA) is 43.6 Å². The molecule has 0 saturated carbocycles. The molecule has 5 heteroatoms. The number of rotatable bonds is 1. The maximum atomic E-state index is 5.95. The average Bonchev–Trinajstić information content (AvgIpc) is 2.72. The Kier molecular flexibility index (Phi) is 2.30. The lowest BCUT2D eigenvalue weighted by Gasteiger charge is -2.03. The fourth-order valence-corrected chi connectivity index (χ4v) is 2.00. The van der Waals surface area contributed by atoms with E-state index in [4.69, 9.17) is 11.6 Å². The molecule has 3 rings (SSSR count). The molecule has 0 aromatic carbocycles. The van der Waals surface area contributed by atoms with Crippen LogP contribution < -0.4 is 0 Å². The van der Waals surface area contributed by atoms with Crippen molar-refractivity contribution in [3.63, 3.8) is 0 Å². The van der Waals surface area contributed by atoms with E-state index in [-0.39, 0.29) is 5.28 Å². The molecule has 3 aromatic rings. The molecule has 0 aliphatic rings. The van der Waals surface area contributed by atoms with Crippen LogP contribution in [0.2, 0.25) is 5.28 Å². The van der Waals surface area contributed by atoms with E-state index in [1.165, 1.54) is 0 Å². The van der Waals surface area contributed by atoms with E-state index in [2.05, 4.69) is 15.0 Å². The van der Waals surface area contributed by atoms with Gasteiger partial charge in [0.1, 0.15) is 5.65 Å². The van der Waals surface area contributed by atoms with Crippen LogP contribution in [0.4, 0.5) is 0 Å². The van der Waals surface area contributed by atoms with Crippen LogP contribution in [0.3, 0.4) is 0 Å². The molecule has 0 atom stereocenters. The molecule has 0 aliphatic carbocycles. The van der Waals surface area contributed by atoms with Crippen molar-refractivity contribution < 1.29 is 0 Å². The molecule has 0 saturated heterocycles. The highest BCUT2D eigenvalue weighted by Crippen LogP contribution is 2.27. The highest BCUT2D eigenvalue weighted by atomic mass is 35.5. The lowest BCUT2D eigenvalue weighted by atomic mass is 10.1. The van der Waals surface area contributed by atoms with Crippen molar-refractivity contribution in [2.75, 3.05) is 0 Å². The summed E-state index contributed by atoms with van der Waals surface area (Å²) in [6.45, 7) is 0. The van der Waals surface area contributed by atoms with Crippen LogP contribution in [-0.2, 0) is 7.05 Å². The Morgan fingerprint density at radius 3 is 2.65 bits per heavy atom. The Balaban J connectivity index is 2.36. The normalized spacial score (nSPS) is 10.9. The second kappa shape index (κ2) is 3.82. The number of hydrogen-bond donors (Lipinski definition) is 0. The van der Waals surface area contributed by atoms with Crippen LogP contribution in [0.5, 0.6) is 0 Å². The molecule has 0 amide bonds. The molecule has 0 bridgehead atoms. The van der Waals surface area contributed by atoms with Gasteiger partial charge in [-0.25, -0.2) is 4.98 Å². The predicted molar refractivity (Wildman–Crippen MR) is 66.8 cm³/mol. The van der Waals surface area contributed by atoms with Crippen molar-refractivity contribution in [1.29, 1.82) is 0 Å². The molecule has 0 aliphatic heterocycles. The lowest BCUT2D eigenvalue weighted by molar-refractivity contribution is 0.944. The highest BCUT2D eigenvalue weighted by Gasteiger charge is 2.10. The number of fused-ring (bicyclic) bond motifs is 1. The van der Waals surface area contributed by atoms with Crippen molar-refractivity contribution in [3.05, 3.63) is 42.1 Å². The lowest BCUT2D eigenvalue weighted by Crippen LogP contribution is -1.93. The van der Waals surface area contributed by atoms with E-state index < -0.39 is 0 Å². The summed E-state index contributed by atoms with van der Waals surface area (Å²) in [4.78, 5) is 12.5. The van der Waals surface area contributed by atoms with Crippen molar-refractivity contribution in [2.24, 2.45) is 7.05 Å². The van der Waals surface area contributed by atoms with Gasteiger partial charge >= 0.3 is 0 Å². The molecular weight excluding hydrogens is 236 g/mol. The fourth-order valence-electron chi connectivity index (χ4n) is 1.84. The molecule has 0 radical (unpaired) electrons. The molecule has 0 fully saturated rings. The van der Waals surface area contributed by atoms with E-state index in [0.29, 0.717) is 0 Å². The second-order valence-corrected chi connectivity index (χ2v) is 4.08. The Labute approximate surface area is 103 Å². The van der Waals surface area contributed by atoms with Crippen molar-refractivity contribution in [1.82, 2.24) is 19.5 Å². The van der Waals surface area contributed by atoms with Gasteiger partial charge in [-0.15, -0.1) is 0 Å². The molecule has 17 heavy (non-hydrogen) atoms. The van der Waals surface area contributed by atoms with Gasteiger partial charge in [-0.05, 0) is 29.8 Å². The van der Waals surface area contributed by atoms with Crippen molar-refractivity contribution in [3.8, 4) is 11.3 Å². The fraction of sp³-hybridized carbons (Fsp3) is 0.0833. The van der Waals surface area contributed by atoms with Crippen molar-refractivity contribution in [2.45, 2.75) is 0 Å². The number of hydrogen-bond acceptors (Lipinski definition) is 3. The Bertz CT molecular complexity index is 676. The molecule has 3 aromatic heterocycles. The van der Waals surface area contributed by atoms with E-state index >= 15 is 0 Å². The van der Waals surface area contributed by atoms with Gasteiger partial charge in [-0.1, -0.05) is 0 Å². The zero-order valence-electron chi connectivity index (χ0n) is 9.13. The molecule has 0 unspecified atom stereocenters. The van der Waals surface area contributed by atoms with Gasteiger partial charge in [0.2, 0.25) is 5.28 Å². The monoisotopic (exact) mass is 244 g/mol. The first-order chi connectivity index (χ1) is 8.25. The third kappa shape index (κ3) is 1.66. The Hall–Kier alpha value is -1.94. The summed E-state index contributed by atoms with van der Waals surface area (Å²) in [5.41, 5.74) is 2.65. The van der Waals surface area contributed by atoms with E-state index in [0.717, 1.165) is 22.3 Å². The molecule has 3 heterocycles. The minimum Gasteiger partial charge on any atom is -0.335 e. The van der Waals surface area contributed by atoms with Crippen LogP contribution in [0.15, 0.2) is 36.8 Å². The van der Waals surface area contributed by atoms with Crippen molar-refractivity contribution >= 4 is 22.6 Å². The van der Waals surface area contributed by atoms with Crippen LogP contribution in [0.1, 0.15) is 0 Å². The molecule has 4 nitrogen and oxygen atoms in total. The average molecular weight is 245 g/mol. The number of aromatic nitrogens is 4. The maximum absolute atomic E-state index is 5.95. The zero-order valence-corrected chi connectivity index (χ0v) is 9.89. The molecule has 0 spiro atoms. The standard InChI is InChI=1S/C12H9ClN4/c1-17-7-4-9-10(8-2-5-14-6-3-8)15-12(13)16-11(9)17/h2-7H,1H3. The minimum absolute atomic E-state index is 0.256. The summed E-state index contributed by atoms with van der Waals surface area (Å²) in [7, 11) is 1.93. The SMILES string of the molecule is Cn1ccc2c(-c3ccncc3)nc(Cl)nc21. The summed E-state index contributed by atoms with van der Waals surface area (Å²) < 4.78 is 1.92. The van der Waals surface area contributed by atoms with E-state index in [1.54, 1.807) is 12.4 Å². The highest BCUT2D eigenvalue weighted by molar-refractivity contribution is 6.28. The van der Waals surface area contributed by atoms with Gasteiger partial charge in [0.15, 0.2) is 0 Å². The van der Waals surface area contributed by atoms with Gasteiger partial charge in [-0.2, -0.15) is 4.98 Å². The largest absolute Gasteiger partial charge is 0.335 e. The van der Waals surface area contributed by atoms with E-state index in [9.17, 15) is 0 Å². The number of halogens is 1. The second-order valence-electron chi connectivity index (χ2n) is 3.74. The quantitative estimate of drug-likeness (QED) is 0.618. The molecular formula is C12H9ClN4. The predicted octanol–water partition coefficient (Wildman–Crippen LogP) is 2.68. The summed E-state index contributed by atoms with van der Waals surface area (Å²) >= 11 is 5.95. The smallest absolute Gasteiger partial charge is 0.224 e. The number of pyridine rings is 1. The third-order valence-corrected chi connectivity index (χ3v) is 2.82. The van der Waals surface area contributed by atoms with Gasteiger partial charge in [0.05, 0.1) is 5.69 Å². The van der Waals surface area contributed by atoms with Crippen LogP contribution in [0, 0.1) is 0 Å². The Morgan fingerprint density at radius 2 is 1.88 bits per heavy atom. The van der Waals surface area contributed by atoms with Crippen LogP contribution >= 0.6 is 11.6 Å². The molecule has 84 valence electrons. The van der Waals surface area contributed by atoms with E-state index in [1.807, 2.05) is 36.0 Å². The minimum atomic E-state index is 0.256. The van der Waals surface area contributed by atoms with Gasteiger partial charge in [-0.3, -0.25) is 4.98 Å². The van der Waals surface area contributed by atoms with Crippen LogP contribution in [-0.4, -0.2) is 19.5 Å². The van der Waals surface area contributed by atoms with Gasteiger partial charge < -0.3 is 4.57 Å². The zero-order chi connectivity index (χ0) is 11.8. The first kappa shape index (κ1) is 10.2. The number of nitrogens with zero attached hydrogens (tertiary/aromatic N) is 4. The summed E-state index contributed by atoms with van der Waals surface area (Å²) in [6.07, 6.45) is 5.42. The summed E-state index contributed by atoms with van der Waals surface area (Å²) in [5.74, 6) is 0.